The molecule has 17 heavy (non-hydrogen) atoms. The van der Waals surface area contributed by atoms with E-state index in [0.717, 1.165) is 37.6 Å². The summed E-state index contributed by atoms with van der Waals surface area (Å²) in [5.41, 5.74) is 2.14. The first-order chi connectivity index (χ1) is 8.31. The summed E-state index contributed by atoms with van der Waals surface area (Å²) in [6.45, 7) is 7.57. The van der Waals surface area contributed by atoms with Gasteiger partial charge in [-0.15, -0.1) is 0 Å². The number of aryl methyl sites for hydroxylation is 2. The van der Waals surface area contributed by atoms with Gasteiger partial charge in [0.25, 0.3) is 0 Å². The van der Waals surface area contributed by atoms with Gasteiger partial charge in [0, 0.05) is 38.6 Å². The van der Waals surface area contributed by atoms with Crippen molar-refractivity contribution >= 4 is 0 Å². The molecule has 2 rings (SSSR count). The van der Waals surface area contributed by atoms with Crippen molar-refractivity contribution in [2.24, 2.45) is 0 Å². The Morgan fingerprint density at radius 1 is 0.941 bits per heavy atom. The molecule has 0 bridgehead atoms. The summed E-state index contributed by atoms with van der Waals surface area (Å²) in [4.78, 5) is 0. The minimum absolute atomic E-state index is 0.784. The second kappa shape index (κ2) is 5.63. The average molecular weight is 233 g/mol. The fourth-order valence-corrected chi connectivity index (χ4v) is 1.67. The summed E-state index contributed by atoms with van der Waals surface area (Å²) >= 11 is 0. The lowest BCUT2D eigenvalue weighted by Gasteiger charge is -2.00. The molecule has 5 nitrogen and oxygen atoms in total. The van der Waals surface area contributed by atoms with Crippen molar-refractivity contribution < 1.29 is 0 Å². The second-order valence-corrected chi connectivity index (χ2v) is 3.93. The third-order valence-corrected chi connectivity index (χ3v) is 2.65. The molecule has 0 aliphatic heterocycles. The molecule has 0 saturated heterocycles. The van der Waals surface area contributed by atoms with Gasteiger partial charge in [0.1, 0.15) is 0 Å². The molecular formula is C12H19N5. The van der Waals surface area contributed by atoms with Crippen molar-refractivity contribution in [2.75, 3.05) is 0 Å². The van der Waals surface area contributed by atoms with Gasteiger partial charge in [-0.3, -0.25) is 9.36 Å². The van der Waals surface area contributed by atoms with Crippen LogP contribution >= 0.6 is 0 Å². The van der Waals surface area contributed by atoms with E-state index in [0.29, 0.717) is 0 Å². The predicted molar refractivity (Wildman–Crippen MR) is 66.3 cm³/mol. The Hall–Kier alpha value is -1.62. The second-order valence-electron chi connectivity index (χ2n) is 3.93. The minimum Gasteiger partial charge on any atom is -0.305 e. The van der Waals surface area contributed by atoms with Crippen LogP contribution in [0.25, 0.3) is 0 Å². The van der Waals surface area contributed by atoms with Crippen LogP contribution in [0.5, 0.6) is 0 Å². The van der Waals surface area contributed by atoms with Gasteiger partial charge in [-0.25, -0.2) is 0 Å². The zero-order chi connectivity index (χ0) is 12.1. The SMILES string of the molecule is CCn1ccc(CNCc2ccn(CC)n2)n1. The molecule has 92 valence electrons. The predicted octanol–water partition coefficient (Wildman–Crippen LogP) is 1.41. The van der Waals surface area contributed by atoms with Crippen LogP contribution in [0.1, 0.15) is 25.2 Å². The summed E-state index contributed by atoms with van der Waals surface area (Å²) in [5, 5.41) is 12.2. The number of aromatic nitrogens is 4. The Labute approximate surface area is 101 Å². The largest absolute Gasteiger partial charge is 0.305 e. The molecule has 2 aromatic heterocycles. The molecule has 2 heterocycles. The van der Waals surface area contributed by atoms with E-state index >= 15 is 0 Å². The Bertz CT molecular complexity index is 415. The summed E-state index contributed by atoms with van der Waals surface area (Å²) in [5.74, 6) is 0. The van der Waals surface area contributed by atoms with E-state index in [4.69, 9.17) is 0 Å². The van der Waals surface area contributed by atoms with E-state index in [1.807, 2.05) is 33.9 Å². The highest BCUT2D eigenvalue weighted by Gasteiger charge is 2.00. The molecule has 0 aliphatic carbocycles. The Kier molecular flexibility index (Phi) is 3.93. The van der Waals surface area contributed by atoms with Gasteiger partial charge >= 0.3 is 0 Å². The molecule has 2 aromatic rings. The van der Waals surface area contributed by atoms with Gasteiger partial charge in [-0.2, -0.15) is 10.2 Å². The molecule has 0 radical (unpaired) electrons. The highest BCUT2D eigenvalue weighted by atomic mass is 15.3. The molecule has 0 spiro atoms. The van der Waals surface area contributed by atoms with Crippen LogP contribution in [0.4, 0.5) is 0 Å². The summed E-state index contributed by atoms with van der Waals surface area (Å²) in [6.07, 6.45) is 4.01. The van der Waals surface area contributed by atoms with Crippen LogP contribution in [0.15, 0.2) is 24.5 Å². The third kappa shape index (κ3) is 3.17. The summed E-state index contributed by atoms with van der Waals surface area (Å²) < 4.78 is 3.87. The van der Waals surface area contributed by atoms with Crippen LogP contribution in [-0.2, 0) is 26.2 Å². The number of rotatable bonds is 6. The van der Waals surface area contributed by atoms with Crippen LogP contribution in [0, 0.1) is 0 Å². The van der Waals surface area contributed by atoms with Crippen LogP contribution < -0.4 is 5.32 Å². The van der Waals surface area contributed by atoms with Gasteiger partial charge in [0.2, 0.25) is 0 Å². The minimum atomic E-state index is 0.784. The monoisotopic (exact) mass is 233 g/mol. The first-order valence-corrected chi connectivity index (χ1v) is 6.07. The highest BCUT2D eigenvalue weighted by Crippen LogP contribution is 1.98. The fourth-order valence-electron chi connectivity index (χ4n) is 1.67. The number of hydrogen-bond acceptors (Lipinski definition) is 3. The molecule has 0 aromatic carbocycles. The maximum Gasteiger partial charge on any atom is 0.0762 e. The molecule has 0 atom stereocenters. The van der Waals surface area contributed by atoms with Gasteiger partial charge in [0.15, 0.2) is 0 Å². The van der Waals surface area contributed by atoms with E-state index in [2.05, 4.69) is 29.4 Å². The maximum atomic E-state index is 4.41. The average Bonchev–Trinajstić information content (AvgIpc) is 2.97. The summed E-state index contributed by atoms with van der Waals surface area (Å²) in [7, 11) is 0. The molecule has 0 aliphatic rings. The first-order valence-electron chi connectivity index (χ1n) is 6.07. The summed E-state index contributed by atoms with van der Waals surface area (Å²) in [6, 6.07) is 4.09. The zero-order valence-electron chi connectivity index (χ0n) is 10.4. The van der Waals surface area contributed by atoms with Crippen LogP contribution in [-0.4, -0.2) is 19.6 Å². The lowest BCUT2D eigenvalue weighted by atomic mass is 10.4. The quantitative estimate of drug-likeness (QED) is 0.820. The lowest BCUT2D eigenvalue weighted by Crippen LogP contribution is -2.14. The number of hydrogen-bond donors (Lipinski definition) is 1. The Balaban J connectivity index is 1.79. The lowest BCUT2D eigenvalue weighted by molar-refractivity contribution is 0.601. The van der Waals surface area contributed by atoms with Crippen LogP contribution in [0.2, 0.25) is 0 Å². The molecule has 0 unspecified atom stereocenters. The molecule has 0 amide bonds. The maximum absolute atomic E-state index is 4.41. The van der Waals surface area contributed by atoms with Gasteiger partial charge in [-0.05, 0) is 26.0 Å². The van der Waals surface area contributed by atoms with Crippen molar-refractivity contribution in [3.63, 3.8) is 0 Å². The van der Waals surface area contributed by atoms with Crippen LogP contribution in [0.3, 0.4) is 0 Å². The highest BCUT2D eigenvalue weighted by molar-refractivity contribution is 5.01. The molecule has 0 saturated carbocycles. The standard InChI is InChI=1S/C12H19N5/c1-3-16-7-5-11(14-16)9-13-10-12-6-8-17(4-2)15-12/h5-8,13H,3-4,9-10H2,1-2H3. The van der Waals surface area contributed by atoms with E-state index < -0.39 is 0 Å². The van der Waals surface area contributed by atoms with Crippen molar-refractivity contribution in [1.29, 1.82) is 0 Å². The Morgan fingerprint density at radius 2 is 1.41 bits per heavy atom. The number of nitrogens with zero attached hydrogens (tertiary/aromatic N) is 4. The van der Waals surface area contributed by atoms with E-state index in [1.54, 1.807) is 0 Å². The van der Waals surface area contributed by atoms with Gasteiger partial charge in [0.05, 0.1) is 11.4 Å². The normalized spacial score (nSPS) is 10.9. The molecule has 5 heteroatoms. The van der Waals surface area contributed by atoms with E-state index in [9.17, 15) is 0 Å². The topological polar surface area (TPSA) is 47.7 Å². The fraction of sp³-hybridized carbons (Fsp3) is 0.500. The first kappa shape index (κ1) is 11.9. The smallest absolute Gasteiger partial charge is 0.0762 e. The molecule has 0 fully saturated rings. The van der Waals surface area contributed by atoms with Gasteiger partial charge < -0.3 is 5.32 Å². The van der Waals surface area contributed by atoms with Gasteiger partial charge in [-0.1, -0.05) is 0 Å². The van der Waals surface area contributed by atoms with Crippen molar-refractivity contribution in [3.05, 3.63) is 35.9 Å². The van der Waals surface area contributed by atoms with E-state index in [1.165, 1.54) is 0 Å². The van der Waals surface area contributed by atoms with E-state index in [-0.39, 0.29) is 0 Å². The van der Waals surface area contributed by atoms with Crippen molar-refractivity contribution in [2.45, 2.75) is 40.0 Å². The number of nitrogens with one attached hydrogen (secondary N) is 1. The molecular weight excluding hydrogens is 214 g/mol. The molecule has 1 N–H and O–H groups in total. The third-order valence-electron chi connectivity index (χ3n) is 2.65. The zero-order valence-corrected chi connectivity index (χ0v) is 10.4. The van der Waals surface area contributed by atoms with Crippen molar-refractivity contribution in [3.8, 4) is 0 Å². The van der Waals surface area contributed by atoms with Crippen molar-refractivity contribution in [1.82, 2.24) is 24.9 Å². The Morgan fingerprint density at radius 3 is 1.76 bits per heavy atom.